The number of nitrogens with zero attached hydrogens (tertiary/aromatic N) is 1. The van der Waals surface area contributed by atoms with Crippen LogP contribution in [0.1, 0.15) is 16.7 Å². The maximum atomic E-state index is 9.36. The van der Waals surface area contributed by atoms with Gasteiger partial charge in [0.2, 0.25) is 0 Å². The Labute approximate surface area is 111 Å². The lowest BCUT2D eigenvalue weighted by molar-refractivity contribution is 1.28. The summed E-state index contributed by atoms with van der Waals surface area (Å²) >= 11 is 0. The van der Waals surface area contributed by atoms with Crippen LogP contribution in [0.5, 0.6) is 0 Å². The largest absolute Gasteiger partial charge is 0.192 e. The summed E-state index contributed by atoms with van der Waals surface area (Å²) in [6.07, 6.45) is 0.970. The van der Waals surface area contributed by atoms with Gasteiger partial charge in [-0.3, -0.25) is 0 Å². The van der Waals surface area contributed by atoms with Gasteiger partial charge >= 0.3 is 0 Å². The molecule has 1 heteroatoms. The summed E-state index contributed by atoms with van der Waals surface area (Å²) in [5.74, 6) is 0. The third kappa shape index (κ3) is 1.34. The molecule has 0 fully saturated rings. The zero-order valence-electron chi connectivity index (χ0n) is 10.4. The first kappa shape index (κ1) is 10.3. The van der Waals surface area contributed by atoms with Crippen LogP contribution in [0.15, 0.2) is 54.6 Å². The van der Waals surface area contributed by atoms with E-state index in [1.807, 2.05) is 24.3 Å². The Morgan fingerprint density at radius 1 is 0.842 bits per heavy atom. The lowest BCUT2D eigenvalue weighted by Gasteiger charge is -2.07. The Morgan fingerprint density at radius 2 is 1.58 bits per heavy atom. The van der Waals surface area contributed by atoms with Crippen LogP contribution in [0, 0.1) is 11.3 Å². The molecular formula is C18H11N. The maximum absolute atomic E-state index is 9.36. The van der Waals surface area contributed by atoms with Crippen molar-refractivity contribution in [2.75, 3.05) is 0 Å². The zero-order valence-corrected chi connectivity index (χ0v) is 10.4. The Hall–Kier alpha value is -2.59. The van der Waals surface area contributed by atoms with Gasteiger partial charge in [-0.25, -0.2) is 0 Å². The molecule has 3 aromatic carbocycles. The SMILES string of the molecule is N#Cc1cc2c(c3ccccc13)Cc1ccccc1-2. The Morgan fingerprint density at radius 3 is 2.42 bits per heavy atom. The van der Waals surface area contributed by atoms with Crippen LogP contribution in [0.4, 0.5) is 0 Å². The van der Waals surface area contributed by atoms with Crippen molar-refractivity contribution in [3.05, 3.63) is 71.3 Å². The minimum absolute atomic E-state index is 0.769. The van der Waals surface area contributed by atoms with E-state index in [0.29, 0.717) is 0 Å². The number of nitriles is 1. The molecule has 0 saturated heterocycles. The summed E-state index contributed by atoms with van der Waals surface area (Å²) in [7, 11) is 0. The molecule has 0 spiro atoms. The molecular weight excluding hydrogens is 230 g/mol. The third-order valence-electron chi connectivity index (χ3n) is 3.95. The number of hydrogen-bond donors (Lipinski definition) is 0. The van der Waals surface area contributed by atoms with Gasteiger partial charge in [0.05, 0.1) is 11.6 Å². The van der Waals surface area contributed by atoms with E-state index in [1.54, 1.807) is 0 Å². The van der Waals surface area contributed by atoms with E-state index < -0.39 is 0 Å². The molecule has 0 saturated carbocycles. The number of hydrogen-bond acceptors (Lipinski definition) is 1. The zero-order chi connectivity index (χ0) is 12.8. The standard InChI is InChI=1S/C18H11N/c19-11-13-10-17-14-6-2-1-5-12(14)9-18(17)16-8-4-3-7-15(13)16/h1-8,10H,9H2. The average molecular weight is 241 g/mol. The molecule has 19 heavy (non-hydrogen) atoms. The van der Waals surface area contributed by atoms with Gasteiger partial charge in [-0.05, 0) is 45.5 Å². The van der Waals surface area contributed by atoms with Crippen LogP contribution >= 0.6 is 0 Å². The van der Waals surface area contributed by atoms with Crippen molar-refractivity contribution in [1.82, 2.24) is 0 Å². The molecule has 0 aromatic heterocycles. The van der Waals surface area contributed by atoms with E-state index in [-0.39, 0.29) is 0 Å². The van der Waals surface area contributed by atoms with Crippen molar-refractivity contribution < 1.29 is 0 Å². The highest BCUT2D eigenvalue weighted by molar-refractivity contribution is 5.98. The van der Waals surface area contributed by atoms with Crippen LogP contribution in [0.2, 0.25) is 0 Å². The Kier molecular flexibility index (Phi) is 2.01. The Balaban J connectivity index is 2.16. The van der Waals surface area contributed by atoms with Gasteiger partial charge in [0, 0.05) is 0 Å². The van der Waals surface area contributed by atoms with Crippen molar-refractivity contribution in [1.29, 1.82) is 5.26 Å². The second-order valence-corrected chi connectivity index (χ2v) is 4.94. The monoisotopic (exact) mass is 241 g/mol. The maximum Gasteiger partial charge on any atom is 0.0998 e. The van der Waals surface area contributed by atoms with Gasteiger partial charge in [-0.15, -0.1) is 0 Å². The summed E-state index contributed by atoms with van der Waals surface area (Å²) in [4.78, 5) is 0. The fourth-order valence-electron chi connectivity index (χ4n) is 3.09. The Bertz CT molecular complexity index is 853. The predicted octanol–water partition coefficient (Wildman–Crippen LogP) is 4.28. The highest BCUT2D eigenvalue weighted by Gasteiger charge is 2.21. The molecule has 0 amide bonds. The van der Waals surface area contributed by atoms with Gasteiger partial charge in [0.15, 0.2) is 0 Å². The minimum atomic E-state index is 0.769. The van der Waals surface area contributed by atoms with Gasteiger partial charge < -0.3 is 0 Å². The van der Waals surface area contributed by atoms with E-state index in [4.69, 9.17) is 0 Å². The topological polar surface area (TPSA) is 23.8 Å². The van der Waals surface area contributed by atoms with Gasteiger partial charge in [0.1, 0.15) is 0 Å². The van der Waals surface area contributed by atoms with E-state index in [2.05, 4.69) is 36.4 Å². The molecule has 1 aliphatic rings. The van der Waals surface area contributed by atoms with Crippen LogP contribution in [-0.2, 0) is 6.42 Å². The van der Waals surface area contributed by atoms with E-state index in [0.717, 1.165) is 17.4 Å². The lowest BCUT2D eigenvalue weighted by atomic mass is 9.95. The van der Waals surface area contributed by atoms with Crippen molar-refractivity contribution in [2.45, 2.75) is 6.42 Å². The first-order valence-electron chi connectivity index (χ1n) is 6.41. The summed E-state index contributed by atoms with van der Waals surface area (Å²) in [5.41, 5.74) is 5.99. The summed E-state index contributed by atoms with van der Waals surface area (Å²) < 4.78 is 0. The molecule has 88 valence electrons. The first-order chi connectivity index (χ1) is 9.38. The minimum Gasteiger partial charge on any atom is -0.192 e. The average Bonchev–Trinajstić information content (AvgIpc) is 2.85. The molecule has 0 aliphatic heterocycles. The molecule has 1 nitrogen and oxygen atoms in total. The lowest BCUT2D eigenvalue weighted by Crippen LogP contribution is -1.87. The van der Waals surface area contributed by atoms with Gasteiger partial charge in [-0.1, -0.05) is 48.5 Å². The number of fused-ring (bicyclic) bond motifs is 5. The van der Waals surface area contributed by atoms with Crippen LogP contribution < -0.4 is 0 Å². The molecule has 0 N–H and O–H groups in total. The highest BCUT2D eigenvalue weighted by atomic mass is 14.3. The predicted molar refractivity (Wildman–Crippen MR) is 76.9 cm³/mol. The molecule has 0 heterocycles. The summed E-state index contributed by atoms with van der Waals surface area (Å²) in [5, 5.41) is 11.6. The second-order valence-electron chi connectivity index (χ2n) is 4.94. The van der Waals surface area contributed by atoms with Crippen molar-refractivity contribution in [3.8, 4) is 17.2 Å². The normalized spacial score (nSPS) is 11.9. The van der Waals surface area contributed by atoms with E-state index in [9.17, 15) is 5.26 Å². The first-order valence-corrected chi connectivity index (χ1v) is 6.41. The summed E-state index contributed by atoms with van der Waals surface area (Å²) in [6.45, 7) is 0. The third-order valence-corrected chi connectivity index (χ3v) is 3.95. The van der Waals surface area contributed by atoms with Crippen molar-refractivity contribution in [2.24, 2.45) is 0 Å². The molecule has 0 atom stereocenters. The van der Waals surface area contributed by atoms with Crippen LogP contribution in [0.3, 0.4) is 0 Å². The molecule has 0 radical (unpaired) electrons. The molecule has 3 aromatic rings. The smallest absolute Gasteiger partial charge is 0.0998 e. The highest BCUT2D eigenvalue weighted by Crippen LogP contribution is 2.41. The molecule has 4 rings (SSSR count). The van der Waals surface area contributed by atoms with Crippen LogP contribution in [-0.4, -0.2) is 0 Å². The number of benzene rings is 3. The van der Waals surface area contributed by atoms with Crippen molar-refractivity contribution in [3.63, 3.8) is 0 Å². The van der Waals surface area contributed by atoms with Crippen LogP contribution in [0.25, 0.3) is 21.9 Å². The molecule has 1 aliphatic carbocycles. The van der Waals surface area contributed by atoms with Gasteiger partial charge in [0.25, 0.3) is 0 Å². The number of rotatable bonds is 0. The molecule has 0 unspecified atom stereocenters. The quantitative estimate of drug-likeness (QED) is 0.450. The molecule has 0 bridgehead atoms. The van der Waals surface area contributed by atoms with E-state index in [1.165, 1.54) is 27.6 Å². The second kappa shape index (κ2) is 3.70. The summed E-state index contributed by atoms with van der Waals surface area (Å²) in [6, 6.07) is 21.1. The fourth-order valence-corrected chi connectivity index (χ4v) is 3.09. The van der Waals surface area contributed by atoms with Gasteiger partial charge in [-0.2, -0.15) is 5.26 Å². The fraction of sp³-hybridized carbons (Fsp3) is 0.0556. The van der Waals surface area contributed by atoms with Crippen molar-refractivity contribution >= 4 is 10.8 Å². The van der Waals surface area contributed by atoms with E-state index >= 15 is 0 Å².